The Labute approximate surface area is 102 Å². The Morgan fingerprint density at radius 3 is 2.94 bits per heavy atom. The van der Waals surface area contributed by atoms with E-state index in [2.05, 4.69) is 20.9 Å². The molecule has 17 heavy (non-hydrogen) atoms. The van der Waals surface area contributed by atoms with Crippen LogP contribution >= 0.6 is 0 Å². The number of anilines is 1. The first-order chi connectivity index (χ1) is 8.26. The summed E-state index contributed by atoms with van der Waals surface area (Å²) in [5.74, 6) is 2.88. The highest BCUT2D eigenvalue weighted by molar-refractivity contribution is 5.43. The van der Waals surface area contributed by atoms with Crippen molar-refractivity contribution < 1.29 is 0 Å². The molecule has 1 saturated heterocycles. The van der Waals surface area contributed by atoms with Crippen LogP contribution in [-0.2, 0) is 6.42 Å². The van der Waals surface area contributed by atoms with Crippen molar-refractivity contribution in [3.63, 3.8) is 0 Å². The van der Waals surface area contributed by atoms with Crippen LogP contribution in [0.1, 0.15) is 30.8 Å². The fourth-order valence-corrected chi connectivity index (χ4v) is 3.24. The van der Waals surface area contributed by atoms with Gasteiger partial charge in [-0.05, 0) is 38.6 Å². The topological polar surface area (TPSA) is 55.0 Å². The van der Waals surface area contributed by atoms with Gasteiger partial charge in [-0.3, -0.25) is 0 Å². The monoisotopic (exact) mass is 232 g/mol. The molecule has 4 heteroatoms. The van der Waals surface area contributed by atoms with Crippen molar-refractivity contribution in [3.8, 4) is 0 Å². The molecule has 3 rings (SSSR count). The van der Waals surface area contributed by atoms with Gasteiger partial charge in [-0.1, -0.05) is 0 Å². The van der Waals surface area contributed by atoms with Crippen LogP contribution in [-0.4, -0.2) is 29.1 Å². The van der Waals surface area contributed by atoms with Gasteiger partial charge in [0.15, 0.2) is 0 Å². The third-order valence-electron chi connectivity index (χ3n) is 3.98. The van der Waals surface area contributed by atoms with E-state index in [-0.39, 0.29) is 0 Å². The van der Waals surface area contributed by atoms with Crippen LogP contribution in [0.4, 0.5) is 5.82 Å². The molecular weight excluding hydrogens is 212 g/mol. The van der Waals surface area contributed by atoms with Gasteiger partial charge < -0.3 is 10.6 Å². The second-order valence-corrected chi connectivity index (χ2v) is 5.29. The van der Waals surface area contributed by atoms with E-state index in [9.17, 15) is 0 Å². The highest BCUT2D eigenvalue weighted by atomic mass is 15.3. The van der Waals surface area contributed by atoms with Gasteiger partial charge in [0.1, 0.15) is 11.6 Å². The minimum absolute atomic E-state index is 0.655. The molecule has 2 fully saturated rings. The molecule has 0 unspecified atom stereocenters. The van der Waals surface area contributed by atoms with Crippen LogP contribution in [0.2, 0.25) is 0 Å². The predicted molar refractivity (Wildman–Crippen MR) is 68.0 cm³/mol. The van der Waals surface area contributed by atoms with Gasteiger partial charge in [0.25, 0.3) is 0 Å². The molecule has 2 aliphatic rings. The molecule has 2 heterocycles. The van der Waals surface area contributed by atoms with Crippen LogP contribution in [0, 0.1) is 12.8 Å². The number of hydrogen-bond donors (Lipinski definition) is 1. The van der Waals surface area contributed by atoms with Gasteiger partial charge in [-0.25, -0.2) is 9.97 Å². The maximum absolute atomic E-state index is 5.60. The Morgan fingerprint density at radius 2 is 2.29 bits per heavy atom. The third-order valence-corrected chi connectivity index (χ3v) is 3.98. The molecule has 1 aliphatic heterocycles. The predicted octanol–water partition coefficient (Wildman–Crippen LogP) is 1.27. The first kappa shape index (κ1) is 11.0. The average Bonchev–Trinajstić information content (AvgIpc) is 2.90. The molecule has 0 radical (unpaired) electrons. The number of fused-ring (bicyclic) bond motifs is 2. The lowest BCUT2D eigenvalue weighted by molar-refractivity contribution is 0.549. The first-order valence-electron chi connectivity index (χ1n) is 6.57. The quantitative estimate of drug-likeness (QED) is 0.853. The van der Waals surface area contributed by atoms with E-state index in [0.29, 0.717) is 6.54 Å². The van der Waals surface area contributed by atoms with E-state index >= 15 is 0 Å². The van der Waals surface area contributed by atoms with Crippen molar-refractivity contribution >= 4 is 5.82 Å². The molecule has 1 saturated carbocycles. The second-order valence-electron chi connectivity index (χ2n) is 5.29. The number of rotatable bonds is 3. The number of nitrogens with zero attached hydrogens (tertiary/aromatic N) is 3. The molecule has 2 bridgehead atoms. The van der Waals surface area contributed by atoms with Gasteiger partial charge in [-0.15, -0.1) is 0 Å². The summed E-state index contributed by atoms with van der Waals surface area (Å²) in [6.07, 6.45) is 4.94. The highest BCUT2D eigenvalue weighted by Crippen LogP contribution is 2.39. The summed E-state index contributed by atoms with van der Waals surface area (Å²) in [4.78, 5) is 11.5. The van der Waals surface area contributed by atoms with Gasteiger partial charge >= 0.3 is 0 Å². The van der Waals surface area contributed by atoms with E-state index in [1.165, 1.54) is 25.8 Å². The minimum atomic E-state index is 0.655. The van der Waals surface area contributed by atoms with Crippen LogP contribution in [0.15, 0.2) is 6.07 Å². The molecule has 1 aromatic rings. The lowest BCUT2D eigenvalue weighted by atomic mass is 10.1. The maximum atomic E-state index is 5.60. The Kier molecular flexibility index (Phi) is 2.74. The fraction of sp³-hybridized carbons (Fsp3) is 0.692. The van der Waals surface area contributed by atoms with Gasteiger partial charge in [0.2, 0.25) is 0 Å². The lowest BCUT2D eigenvalue weighted by Crippen LogP contribution is -2.33. The van der Waals surface area contributed by atoms with E-state index in [1.807, 2.05) is 6.92 Å². The standard InChI is InChI=1S/C13H20N4/c1-9-15-11(4-5-14)7-13(16-9)17-8-10-2-3-12(17)6-10/h7,10,12H,2-6,8,14H2,1H3/t10-,12-/m0/s1. The molecule has 0 spiro atoms. The molecule has 92 valence electrons. The van der Waals surface area contributed by atoms with Gasteiger partial charge in [-0.2, -0.15) is 0 Å². The summed E-state index contributed by atoms with van der Waals surface area (Å²) in [6.45, 7) is 3.81. The molecule has 2 N–H and O–H groups in total. The molecule has 0 amide bonds. The van der Waals surface area contributed by atoms with Gasteiger partial charge in [0, 0.05) is 30.8 Å². The van der Waals surface area contributed by atoms with Crippen LogP contribution in [0.5, 0.6) is 0 Å². The smallest absolute Gasteiger partial charge is 0.132 e. The van der Waals surface area contributed by atoms with Gasteiger partial charge in [0.05, 0.1) is 0 Å². The Balaban J connectivity index is 1.87. The SMILES string of the molecule is Cc1nc(CCN)cc(N2C[C@H]3CC[C@H]2C3)n1. The van der Waals surface area contributed by atoms with E-state index in [1.54, 1.807) is 0 Å². The molecule has 2 atom stereocenters. The van der Waals surface area contributed by atoms with Crippen LogP contribution < -0.4 is 10.6 Å². The van der Waals surface area contributed by atoms with Crippen molar-refractivity contribution in [3.05, 3.63) is 17.6 Å². The normalized spacial score (nSPS) is 26.8. The zero-order chi connectivity index (χ0) is 11.8. The van der Waals surface area contributed by atoms with E-state index in [0.717, 1.165) is 35.7 Å². The van der Waals surface area contributed by atoms with Crippen molar-refractivity contribution in [2.24, 2.45) is 11.7 Å². The molecule has 4 nitrogen and oxygen atoms in total. The van der Waals surface area contributed by atoms with Crippen molar-refractivity contribution in [1.29, 1.82) is 0 Å². The van der Waals surface area contributed by atoms with Crippen molar-refractivity contribution in [2.75, 3.05) is 18.0 Å². The Bertz CT molecular complexity index is 418. The number of aryl methyl sites for hydroxylation is 1. The zero-order valence-corrected chi connectivity index (χ0v) is 10.4. The Hall–Kier alpha value is -1.16. The summed E-state index contributed by atoms with van der Waals surface area (Å²) in [7, 11) is 0. The number of hydrogen-bond acceptors (Lipinski definition) is 4. The highest BCUT2D eigenvalue weighted by Gasteiger charge is 2.38. The number of nitrogens with two attached hydrogens (primary N) is 1. The second kappa shape index (κ2) is 4.26. The third kappa shape index (κ3) is 2.02. The summed E-state index contributed by atoms with van der Waals surface area (Å²) < 4.78 is 0. The number of piperidine rings is 1. The van der Waals surface area contributed by atoms with Crippen molar-refractivity contribution in [2.45, 2.75) is 38.6 Å². The zero-order valence-electron chi connectivity index (χ0n) is 10.4. The fourth-order valence-electron chi connectivity index (χ4n) is 3.24. The summed E-state index contributed by atoms with van der Waals surface area (Å²) in [5, 5.41) is 0. The summed E-state index contributed by atoms with van der Waals surface area (Å²) in [5.41, 5.74) is 6.68. The molecular formula is C13H20N4. The largest absolute Gasteiger partial charge is 0.353 e. The summed E-state index contributed by atoms with van der Waals surface area (Å²) in [6, 6.07) is 2.85. The van der Waals surface area contributed by atoms with Crippen molar-refractivity contribution in [1.82, 2.24) is 9.97 Å². The van der Waals surface area contributed by atoms with E-state index in [4.69, 9.17) is 5.73 Å². The minimum Gasteiger partial charge on any atom is -0.353 e. The first-order valence-corrected chi connectivity index (χ1v) is 6.57. The Morgan fingerprint density at radius 1 is 1.41 bits per heavy atom. The summed E-state index contributed by atoms with van der Waals surface area (Å²) >= 11 is 0. The van der Waals surface area contributed by atoms with Crippen LogP contribution in [0.25, 0.3) is 0 Å². The number of aromatic nitrogens is 2. The molecule has 1 aromatic heterocycles. The molecule has 1 aliphatic carbocycles. The van der Waals surface area contributed by atoms with E-state index < -0.39 is 0 Å². The molecule has 0 aromatic carbocycles. The average molecular weight is 232 g/mol. The van der Waals surface area contributed by atoms with Crippen LogP contribution in [0.3, 0.4) is 0 Å². The maximum Gasteiger partial charge on any atom is 0.132 e. The lowest BCUT2D eigenvalue weighted by Gasteiger charge is -2.28.